The van der Waals surface area contributed by atoms with E-state index in [1.807, 2.05) is 0 Å². The van der Waals surface area contributed by atoms with Gasteiger partial charge in [0, 0.05) is 24.2 Å². The van der Waals surface area contributed by atoms with Crippen LogP contribution < -0.4 is 5.32 Å². The third-order valence-corrected chi connectivity index (χ3v) is 3.35. The molecular weight excluding hydrogens is 206 g/mol. The van der Waals surface area contributed by atoms with Crippen LogP contribution in [0.4, 0.5) is 5.69 Å². The molecule has 86 valence electrons. The number of unbranched alkanes of at least 4 members (excludes halogenated alkanes) is 1. The SMILES string of the molecule is CCCCC(COC)Nc1cscc1C. The van der Waals surface area contributed by atoms with Crippen LogP contribution in [-0.2, 0) is 4.74 Å². The summed E-state index contributed by atoms with van der Waals surface area (Å²) < 4.78 is 5.23. The molecule has 1 atom stereocenters. The van der Waals surface area contributed by atoms with Gasteiger partial charge >= 0.3 is 0 Å². The van der Waals surface area contributed by atoms with E-state index in [1.54, 1.807) is 18.4 Å². The van der Waals surface area contributed by atoms with Gasteiger partial charge in [-0.05, 0) is 24.3 Å². The molecule has 0 aliphatic carbocycles. The van der Waals surface area contributed by atoms with E-state index >= 15 is 0 Å². The second-order valence-electron chi connectivity index (χ2n) is 3.91. The van der Waals surface area contributed by atoms with Gasteiger partial charge < -0.3 is 10.1 Å². The summed E-state index contributed by atoms with van der Waals surface area (Å²) >= 11 is 1.75. The molecule has 1 rings (SSSR count). The zero-order valence-corrected chi connectivity index (χ0v) is 10.7. The zero-order chi connectivity index (χ0) is 11.1. The predicted octanol–water partition coefficient (Wildman–Crippen LogP) is 3.67. The van der Waals surface area contributed by atoms with Gasteiger partial charge in [0.25, 0.3) is 0 Å². The van der Waals surface area contributed by atoms with Crippen molar-refractivity contribution < 1.29 is 4.74 Å². The van der Waals surface area contributed by atoms with Crippen molar-refractivity contribution in [3.63, 3.8) is 0 Å². The summed E-state index contributed by atoms with van der Waals surface area (Å²) in [6.07, 6.45) is 3.67. The van der Waals surface area contributed by atoms with Gasteiger partial charge in [0.05, 0.1) is 6.61 Å². The molecule has 0 aliphatic rings. The van der Waals surface area contributed by atoms with Crippen LogP contribution in [0.15, 0.2) is 10.8 Å². The van der Waals surface area contributed by atoms with Crippen molar-refractivity contribution in [3.05, 3.63) is 16.3 Å². The first-order valence-corrected chi connectivity index (χ1v) is 6.50. The van der Waals surface area contributed by atoms with Crippen LogP contribution in [0.25, 0.3) is 0 Å². The summed E-state index contributed by atoms with van der Waals surface area (Å²) in [4.78, 5) is 0. The average molecular weight is 227 g/mol. The average Bonchev–Trinajstić information content (AvgIpc) is 2.61. The quantitative estimate of drug-likeness (QED) is 0.767. The Morgan fingerprint density at radius 2 is 2.27 bits per heavy atom. The topological polar surface area (TPSA) is 21.3 Å². The van der Waals surface area contributed by atoms with Crippen molar-refractivity contribution in [1.29, 1.82) is 0 Å². The Morgan fingerprint density at radius 3 is 2.80 bits per heavy atom. The van der Waals surface area contributed by atoms with Crippen molar-refractivity contribution in [2.75, 3.05) is 19.0 Å². The van der Waals surface area contributed by atoms with Crippen LogP contribution in [0.1, 0.15) is 31.7 Å². The summed E-state index contributed by atoms with van der Waals surface area (Å²) in [6.45, 7) is 5.15. The first-order valence-electron chi connectivity index (χ1n) is 5.56. The molecule has 0 radical (unpaired) electrons. The molecule has 0 fully saturated rings. The van der Waals surface area contributed by atoms with Crippen LogP contribution >= 0.6 is 11.3 Å². The van der Waals surface area contributed by atoms with Crippen LogP contribution in [0.3, 0.4) is 0 Å². The minimum atomic E-state index is 0.447. The number of aryl methyl sites for hydroxylation is 1. The van der Waals surface area contributed by atoms with Crippen molar-refractivity contribution in [3.8, 4) is 0 Å². The van der Waals surface area contributed by atoms with E-state index in [-0.39, 0.29) is 0 Å². The Bertz CT molecular complexity index is 272. The molecule has 0 aliphatic heterocycles. The Morgan fingerprint density at radius 1 is 1.47 bits per heavy atom. The fourth-order valence-corrected chi connectivity index (χ4v) is 2.37. The second-order valence-corrected chi connectivity index (χ2v) is 4.65. The molecule has 1 heterocycles. The highest BCUT2D eigenvalue weighted by Gasteiger charge is 2.09. The van der Waals surface area contributed by atoms with E-state index in [4.69, 9.17) is 4.74 Å². The van der Waals surface area contributed by atoms with E-state index in [0.717, 1.165) is 6.61 Å². The largest absolute Gasteiger partial charge is 0.383 e. The molecule has 0 aromatic carbocycles. The smallest absolute Gasteiger partial charge is 0.0664 e. The highest BCUT2D eigenvalue weighted by Crippen LogP contribution is 2.21. The molecule has 0 spiro atoms. The molecule has 1 aromatic heterocycles. The Kier molecular flexibility index (Phi) is 5.73. The summed E-state index contributed by atoms with van der Waals surface area (Å²) in [6, 6.07) is 0.447. The van der Waals surface area contributed by atoms with E-state index in [1.165, 1.54) is 30.5 Å². The van der Waals surface area contributed by atoms with Crippen LogP contribution in [-0.4, -0.2) is 19.8 Å². The molecule has 0 saturated heterocycles. The van der Waals surface area contributed by atoms with Crippen molar-refractivity contribution in [2.45, 2.75) is 39.2 Å². The predicted molar refractivity (Wildman–Crippen MR) is 67.9 cm³/mol. The monoisotopic (exact) mass is 227 g/mol. The van der Waals surface area contributed by atoms with E-state index in [9.17, 15) is 0 Å². The minimum absolute atomic E-state index is 0.447. The molecule has 3 heteroatoms. The summed E-state index contributed by atoms with van der Waals surface area (Å²) in [7, 11) is 1.76. The lowest BCUT2D eigenvalue weighted by Crippen LogP contribution is -2.24. The fourth-order valence-electron chi connectivity index (χ4n) is 1.58. The van der Waals surface area contributed by atoms with Gasteiger partial charge in [-0.25, -0.2) is 0 Å². The third kappa shape index (κ3) is 4.22. The lowest BCUT2D eigenvalue weighted by atomic mass is 10.1. The van der Waals surface area contributed by atoms with Crippen LogP contribution in [0, 0.1) is 6.92 Å². The third-order valence-electron chi connectivity index (χ3n) is 2.49. The van der Waals surface area contributed by atoms with Gasteiger partial charge in [-0.3, -0.25) is 0 Å². The lowest BCUT2D eigenvalue weighted by Gasteiger charge is -2.18. The van der Waals surface area contributed by atoms with E-state index < -0.39 is 0 Å². The number of anilines is 1. The summed E-state index contributed by atoms with van der Waals surface area (Å²) in [5.41, 5.74) is 2.59. The minimum Gasteiger partial charge on any atom is -0.383 e. The van der Waals surface area contributed by atoms with Crippen molar-refractivity contribution in [2.24, 2.45) is 0 Å². The van der Waals surface area contributed by atoms with Crippen molar-refractivity contribution in [1.82, 2.24) is 0 Å². The number of methoxy groups -OCH3 is 1. The highest BCUT2D eigenvalue weighted by molar-refractivity contribution is 7.08. The van der Waals surface area contributed by atoms with Gasteiger partial charge in [0.15, 0.2) is 0 Å². The number of ether oxygens (including phenoxy) is 1. The Balaban J connectivity index is 2.46. The molecule has 0 amide bonds. The van der Waals surface area contributed by atoms with Gasteiger partial charge in [-0.15, -0.1) is 11.3 Å². The van der Waals surface area contributed by atoms with Gasteiger partial charge in [-0.1, -0.05) is 19.8 Å². The van der Waals surface area contributed by atoms with Crippen LogP contribution in [0.2, 0.25) is 0 Å². The zero-order valence-electron chi connectivity index (χ0n) is 9.88. The molecule has 15 heavy (non-hydrogen) atoms. The molecular formula is C12H21NOS. The molecule has 0 saturated carbocycles. The summed E-state index contributed by atoms with van der Waals surface area (Å²) in [5.74, 6) is 0. The van der Waals surface area contributed by atoms with Gasteiger partial charge in [0.2, 0.25) is 0 Å². The number of hydrogen-bond donors (Lipinski definition) is 1. The van der Waals surface area contributed by atoms with Crippen molar-refractivity contribution >= 4 is 17.0 Å². The number of nitrogens with one attached hydrogen (secondary N) is 1. The Labute approximate surface area is 96.7 Å². The highest BCUT2D eigenvalue weighted by atomic mass is 32.1. The first kappa shape index (κ1) is 12.5. The fraction of sp³-hybridized carbons (Fsp3) is 0.667. The van der Waals surface area contributed by atoms with Gasteiger partial charge in [-0.2, -0.15) is 0 Å². The lowest BCUT2D eigenvalue weighted by molar-refractivity contribution is 0.182. The maximum absolute atomic E-state index is 5.23. The number of rotatable bonds is 7. The second kappa shape index (κ2) is 6.85. The molecule has 1 aromatic rings. The van der Waals surface area contributed by atoms with E-state index in [0.29, 0.717) is 6.04 Å². The maximum atomic E-state index is 5.23. The number of hydrogen-bond acceptors (Lipinski definition) is 3. The number of thiophene rings is 1. The van der Waals surface area contributed by atoms with E-state index in [2.05, 4.69) is 29.9 Å². The Hall–Kier alpha value is -0.540. The maximum Gasteiger partial charge on any atom is 0.0664 e. The normalized spacial score (nSPS) is 12.7. The standard InChI is InChI=1S/C12H21NOS/c1-4-5-6-11(7-14-3)13-12-9-15-8-10(12)2/h8-9,11,13H,4-7H2,1-3H3. The molecule has 2 nitrogen and oxygen atoms in total. The first-order chi connectivity index (χ1) is 7.27. The molecule has 1 N–H and O–H groups in total. The van der Waals surface area contributed by atoms with Gasteiger partial charge in [0.1, 0.15) is 0 Å². The molecule has 1 unspecified atom stereocenters. The molecule has 0 bridgehead atoms. The van der Waals surface area contributed by atoms with Crippen LogP contribution in [0.5, 0.6) is 0 Å². The summed E-state index contributed by atoms with van der Waals surface area (Å²) in [5, 5.41) is 7.89.